The largest absolute Gasteiger partial charge is 0.497 e. The van der Waals surface area contributed by atoms with Gasteiger partial charge in [0.15, 0.2) is 8.32 Å². The molecule has 0 unspecified atom stereocenters. The van der Waals surface area contributed by atoms with E-state index in [1.165, 1.54) is 0 Å². The predicted octanol–water partition coefficient (Wildman–Crippen LogP) is 8.71. The number of nitrogens with zero attached hydrogens (tertiary/aromatic N) is 4. The van der Waals surface area contributed by atoms with E-state index in [-0.39, 0.29) is 10.6 Å². The van der Waals surface area contributed by atoms with Crippen molar-refractivity contribution in [3.63, 3.8) is 0 Å². The number of rotatable bonds is 11. The van der Waals surface area contributed by atoms with E-state index in [0.717, 1.165) is 16.6 Å². The van der Waals surface area contributed by atoms with E-state index < -0.39 is 20.0 Å². The Hall–Kier alpha value is -4.39. The lowest BCUT2D eigenvalue weighted by molar-refractivity contribution is 0.0598. The third-order valence-electron chi connectivity index (χ3n) is 10.0. The number of hydrogen-bond donors (Lipinski definition) is 0. The number of morpholine rings is 1. The number of aryl methyl sites for hydroxylation is 2. The molecule has 1 fully saturated rings. The van der Waals surface area contributed by atoms with Gasteiger partial charge in [-0.25, -0.2) is 14.7 Å². The van der Waals surface area contributed by atoms with Crippen LogP contribution in [0, 0.1) is 6.92 Å². The molecule has 0 spiro atoms. The lowest BCUT2D eigenvalue weighted by Gasteiger charge is -2.36. The maximum absolute atomic E-state index is 14.6. The number of para-hydroxylation sites is 1. The molecule has 2 aromatic heterocycles. The molecule has 0 N–H and O–H groups in total. The fourth-order valence-electron chi connectivity index (χ4n) is 6.14. The number of amides is 1. The molecular formula is C41H56N4O7Si. The van der Waals surface area contributed by atoms with Crippen LogP contribution < -0.4 is 24.8 Å². The molecule has 1 amide bonds. The number of ether oxygens (including phenoxy) is 4. The number of anilines is 3. The van der Waals surface area contributed by atoms with Gasteiger partial charge in [0.05, 0.1) is 44.3 Å². The van der Waals surface area contributed by atoms with Gasteiger partial charge in [-0.2, -0.15) is 0 Å². The maximum atomic E-state index is 14.6. The molecule has 0 atom stereocenters. The van der Waals surface area contributed by atoms with Crippen molar-refractivity contribution in [1.82, 2.24) is 9.55 Å². The van der Waals surface area contributed by atoms with E-state index in [9.17, 15) is 9.59 Å². The summed E-state index contributed by atoms with van der Waals surface area (Å²) in [5.74, 6) is 1.49. The third kappa shape index (κ3) is 9.05. The number of hydrogen-bond acceptors (Lipinski definition) is 9. The SMILES string of the molecule is COc1cc(OC)cc(-c2cc3cnc(N(C(=O)OC(C)(C)C)c4c(C)cccc4N4CCOCC4)cc3n(CCCO[Si](C)(C)C(C)(C)C)c2=O)c1. The Morgan fingerprint density at radius 2 is 1.62 bits per heavy atom. The van der Waals surface area contributed by atoms with Crippen molar-refractivity contribution in [1.29, 1.82) is 0 Å². The zero-order valence-electron chi connectivity index (χ0n) is 33.3. The van der Waals surface area contributed by atoms with Crippen LogP contribution >= 0.6 is 0 Å². The quantitative estimate of drug-likeness (QED) is 0.110. The average molecular weight is 745 g/mol. The number of carbonyl (C=O) groups excluding carboxylic acids is 1. The monoisotopic (exact) mass is 744 g/mol. The number of pyridine rings is 2. The van der Waals surface area contributed by atoms with Crippen LogP contribution in [-0.4, -0.2) is 76.7 Å². The predicted molar refractivity (Wildman–Crippen MR) is 215 cm³/mol. The van der Waals surface area contributed by atoms with Gasteiger partial charge in [-0.05, 0) is 87.6 Å². The van der Waals surface area contributed by atoms with Gasteiger partial charge in [0.25, 0.3) is 5.56 Å². The summed E-state index contributed by atoms with van der Waals surface area (Å²) in [4.78, 5) is 37.6. The minimum absolute atomic E-state index is 0.0587. The van der Waals surface area contributed by atoms with E-state index in [1.807, 2.05) is 70.2 Å². The zero-order chi connectivity index (χ0) is 38.7. The molecule has 0 saturated carbocycles. The maximum Gasteiger partial charge on any atom is 0.420 e. The second-order valence-corrected chi connectivity index (χ2v) is 20.8. The second-order valence-electron chi connectivity index (χ2n) is 16.0. The Morgan fingerprint density at radius 1 is 0.962 bits per heavy atom. The number of methoxy groups -OCH3 is 2. The Morgan fingerprint density at radius 3 is 2.23 bits per heavy atom. The third-order valence-corrected chi connectivity index (χ3v) is 14.6. The average Bonchev–Trinajstić information content (AvgIpc) is 3.10. The molecule has 4 aromatic rings. The fraction of sp³-hybridized carbons (Fsp3) is 0.488. The van der Waals surface area contributed by atoms with E-state index in [4.69, 9.17) is 28.4 Å². The summed E-state index contributed by atoms with van der Waals surface area (Å²) < 4.78 is 31.1. The van der Waals surface area contributed by atoms with Gasteiger partial charge < -0.3 is 32.8 Å². The van der Waals surface area contributed by atoms with Gasteiger partial charge >= 0.3 is 6.09 Å². The van der Waals surface area contributed by atoms with Crippen molar-refractivity contribution in [2.24, 2.45) is 0 Å². The highest BCUT2D eigenvalue weighted by atomic mass is 28.4. The van der Waals surface area contributed by atoms with Gasteiger partial charge in [-0.15, -0.1) is 0 Å². The standard InChI is InChI=1S/C41H56N4O7Si/c1-28-14-12-15-34(43-17-20-50-21-18-43)37(28)45(39(47)52-40(2,3)4)36-26-35-30(27-42-36)24-33(29-22-31(48-8)25-32(23-29)49-9)38(46)44(35)16-13-19-51-53(10,11)41(5,6)7/h12,14-15,22-27H,13,16-21H2,1-11H3. The highest BCUT2D eigenvalue weighted by Gasteiger charge is 2.37. The van der Waals surface area contributed by atoms with Crippen LogP contribution in [0.2, 0.25) is 18.1 Å². The normalized spacial score (nSPS) is 14.0. The molecule has 5 rings (SSSR count). The summed E-state index contributed by atoms with van der Waals surface area (Å²) in [5, 5.41) is 0.793. The smallest absolute Gasteiger partial charge is 0.420 e. The molecule has 3 heterocycles. The van der Waals surface area contributed by atoms with Crippen molar-refractivity contribution in [2.75, 3.05) is 56.9 Å². The lowest BCUT2D eigenvalue weighted by atomic mass is 10.0. The summed E-state index contributed by atoms with van der Waals surface area (Å²) >= 11 is 0. The van der Waals surface area contributed by atoms with Crippen LogP contribution in [0.4, 0.5) is 22.0 Å². The molecule has 1 aliphatic rings. The van der Waals surface area contributed by atoms with Gasteiger partial charge in [0, 0.05) is 55.5 Å². The first-order valence-electron chi connectivity index (χ1n) is 18.3. The Bertz CT molecular complexity index is 1970. The molecule has 0 radical (unpaired) electrons. The molecule has 0 bridgehead atoms. The molecule has 11 nitrogen and oxygen atoms in total. The van der Waals surface area contributed by atoms with Crippen molar-refractivity contribution in [2.45, 2.75) is 85.2 Å². The Labute approximate surface area is 314 Å². The molecule has 12 heteroatoms. The number of benzene rings is 2. The highest BCUT2D eigenvalue weighted by molar-refractivity contribution is 6.74. The lowest BCUT2D eigenvalue weighted by Crippen LogP contribution is -2.41. The van der Waals surface area contributed by atoms with E-state index >= 15 is 0 Å². The molecule has 286 valence electrons. The minimum Gasteiger partial charge on any atom is -0.497 e. The summed E-state index contributed by atoms with van der Waals surface area (Å²) in [5.41, 5.74) is 3.25. The number of aromatic nitrogens is 2. The minimum atomic E-state index is -2.01. The van der Waals surface area contributed by atoms with E-state index in [0.29, 0.717) is 85.5 Å². The molecule has 2 aromatic carbocycles. The summed E-state index contributed by atoms with van der Waals surface area (Å²) in [7, 11) is 1.16. The first kappa shape index (κ1) is 39.8. The first-order chi connectivity index (χ1) is 24.9. The van der Waals surface area contributed by atoms with E-state index in [2.05, 4.69) is 38.8 Å². The van der Waals surface area contributed by atoms with Gasteiger partial charge in [-0.3, -0.25) is 4.79 Å². The number of fused-ring (bicyclic) bond motifs is 1. The van der Waals surface area contributed by atoms with Gasteiger partial charge in [0.2, 0.25) is 0 Å². The summed E-state index contributed by atoms with van der Waals surface area (Å²) in [6.07, 6.45) is 1.76. The van der Waals surface area contributed by atoms with Crippen LogP contribution in [0.25, 0.3) is 22.0 Å². The fourth-order valence-corrected chi connectivity index (χ4v) is 7.23. The molecule has 1 aliphatic heterocycles. The van der Waals surface area contributed by atoms with Crippen molar-refractivity contribution < 1.29 is 28.2 Å². The molecular weight excluding hydrogens is 689 g/mol. The zero-order valence-corrected chi connectivity index (χ0v) is 34.3. The molecule has 53 heavy (non-hydrogen) atoms. The summed E-state index contributed by atoms with van der Waals surface area (Å²) in [6.45, 7) is 22.0. The van der Waals surface area contributed by atoms with Crippen LogP contribution in [-0.2, 0) is 20.4 Å². The first-order valence-corrected chi connectivity index (χ1v) is 21.2. The van der Waals surface area contributed by atoms with Crippen LogP contribution in [0.3, 0.4) is 0 Å². The summed E-state index contributed by atoms with van der Waals surface area (Å²) in [6, 6.07) is 15.1. The van der Waals surface area contributed by atoms with E-state index in [1.54, 1.807) is 35.9 Å². The number of carbonyl (C=O) groups is 1. The van der Waals surface area contributed by atoms with Crippen molar-refractivity contribution in [3.8, 4) is 22.6 Å². The Balaban J connectivity index is 1.70. The van der Waals surface area contributed by atoms with Crippen molar-refractivity contribution >= 4 is 42.5 Å². The molecule has 1 saturated heterocycles. The second kappa shape index (κ2) is 15.9. The van der Waals surface area contributed by atoms with Crippen LogP contribution in [0.15, 0.2) is 59.5 Å². The molecule has 0 aliphatic carbocycles. The van der Waals surface area contributed by atoms with Crippen LogP contribution in [0.1, 0.15) is 53.5 Å². The topological polar surface area (TPSA) is 105 Å². The van der Waals surface area contributed by atoms with Crippen molar-refractivity contribution in [3.05, 3.63) is 70.6 Å². The van der Waals surface area contributed by atoms with Gasteiger partial charge in [0.1, 0.15) is 22.9 Å². The Kier molecular flexibility index (Phi) is 12.0. The van der Waals surface area contributed by atoms with Crippen LogP contribution in [0.5, 0.6) is 11.5 Å². The van der Waals surface area contributed by atoms with Gasteiger partial charge in [-0.1, -0.05) is 32.9 Å². The highest BCUT2D eigenvalue weighted by Crippen LogP contribution is 2.40.